The average molecular weight is 260 g/mol. The lowest BCUT2D eigenvalue weighted by atomic mass is 10.4. The Kier molecular flexibility index (Phi) is 6.27. The highest BCUT2D eigenvalue weighted by atomic mass is 19.3. The van der Waals surface area contributed by atoms with Crippen LogP contribution in [0.15, 0.2) is 12.4 Å². The van der Waals surface area contributed by atoms with E-state index in [1.54, 1.807) is 0 Å². The molecule has 0 radical (unpaired) electrons. The molecular weight excluding hydrogens is 242 g/mol. The van der Waals surface area contributed by atoms with Gasteiger partial charge in [0.25, 0.3) is 6.43 Å². The maximum Gasteiger partial charge on any atom is 0.255 e. The number of hydrogen-bond donors (Lipinski definition) is 1. The third-order valence-corrected chi connectivity index (χ3v) is 2.14. The molecule has 1 rings (SSSR count). The molecule has 1 aromatic rings. The minimum atomic E-state index is -2.45. The van der Waals surface area contributed by atoms with E-state index in [9.17, 15) is 8.78 Å². The molecule has 0 aliphatic heterocycles. The summed E-state index contributed by atoms with van der Waals surface area (Å²) in [5, 5.41) is 0. The molecule has 0 atom stereocenters. The van der Waals surface area contributed by atoms with Gasteiger partial charge in [0.2, 0.25) is 5.88 Å². The SMILES string of the molecule is CCCOc1cncc(N(CCN)CC(F)F)n1. The average Bonchev–Trinajstić information content (AvgIpc) is 2.36. The summed E-state index contributed by atoms with van der Waals surface area (Å²) in [6.07, 6.45) is 1.28. The predicted molar refractivity (Wildman–Crippen MR) is 65.1 cm³/mol. The summed E-state index contributed by atoms with van der Waals surface area (Å²) in [7, 11) is 0. The van der Waals surface area contributed by atoms with Crippen molar-refractivity contribution in [2.45, 2.75) is 19.8 Å². The second kappa shape index (κ2) is 7.75. The van der Waals surface area contributed by atoms with Crippen molar-refractivity contribution in [1.82, 2.24) is 9.97 Å². The Bertz CT molecular complexity index is 352. The number of aromatic nitrogens is 2. The first-order valence-electron chi connectivity index (χ1n) is 5.85. The molecule has 2 N–H and O–H groups in total. The molecule has 0 saturated heterocycles. The summed E-state index contributed by atoms with van der Waals surface area (Å²) in [6, 6.07) is 0. The van der Waals surface area contributed by atoms with Gasteiger partial charge in [-0.15, -0.1) is 0 Å². The third kappa shape index (κ3) is 4.79. The second-order valence-corrected chi connectivity index (χ2v) is 3.69. The monoisotopic (exact) mass is 260 g/mol. The Morgan fingerprint density at radius 1 is 1.44 bits per heavy atom. The highest BCUT2D eigenvalue weighted by molar-refractivity contribution is 5.37. The number of nitrogens with zero attached hydrogens (tertiary/aromatic N) is 3. The van der Waals surface area contributed by atoms with Crippen molar-refractivity contribution in [2.75, 3.05) is 31.1 Å². The van der Waals surface area contributed by atoms with E-state index in [1.165, 1.54) is 17.3 Å². The van der Waals surface area contributed by atoms with Gasteiger partial charge in [0, 0.05) is 13.1 Å². The molecule has 0 aliphatic rings. The minimum Gasteiger partial charge on any atom is -0.477 e. The van der Waals surface area contributed by atoms with Crippen LogP contribution < -0.4 is 15.4 Å². The molecule has 0 spiro atoms. The molecular formula is C11H18F2N4O. The van der Waals surface area contributed by atoms with Gasteiger partial charge in [0.05, 0.1) is 25.5 Å². The largest absolute Gasteiger partial charge is 0.477 e. The van der Waals surface area contributed by atoms with Crippen molar-refractivity contribution < 1.29 is 13.5 Å². The summed E-state index contributed by atoms with van der Waals surface area (Å²) in [5.74, 6) is 0.694. The van der Waals surface area contributed by atoms with Crippen LogP contribution in [-0.2, 0) is 0 Å². The van der Waals surface area contributed by atoms with Crippen LogP contribution in [-0.4, -0.2) is 42.6 Å². The smallest absolute Gasteiger partial charge is 0.255 e. The summed E-state index contributed by atoms with van der Waals surface area (Å²) >= 11 is 0. The number of ether oxygens (including phenoxy) is 1. The maximum atomic E-state index is 12.4. The van der Waals surface area contributed by atoms with Crippen LogP contribution >= 0.6 is 0 Å². The fourth-order valence-electron chi connectivity index (χ4n) is 1.39. The number of alkyl halides is 2. The van der Waals surface area contributed by atoms with Gasteiger partial charge in [-0.1, -0.05) is 6.92 Å². The topological polar surface area (TPSA) is 64.3 Å². The number of nitrogens with two attached hydrogens (primary N) is 1. The van der Waals surface area contributed by atoms with Crippen LogP contribution in [0.3, 0.4) is 0 Å². The van der Waals surface area contributed by atoms with Gasteiger partial charge in [0.15, 0.2) is 5.82 Å². The van der Waals surface area contributed by atoms with E-state index in [0.29, 0.717) is 24.8 Å². The van der Waals surface area contributed by atoms with E-state index in [2.05, 4.69) is 9.97 Å². The van der Waals surface area contributed by atoms with Gasteiger partial charge in [-0.2, -0.15) is 4.98 Å². The van der Waals surface area contributed by atoms with E-state index < -0.39 is 13.0 Å². The molecule has 102 valence electrons. The summed E-state index contributed by atoms with van der Waals surface area (Å²) in [6.45, 7) is 2.65. The van der Waals surface area contributed by atoms with Crippen molar-refractivity contribution in [3.63, 3.8) is 0 Å². The Morgan fingerprint density at radius 2 is 2.22 bits per heavy atom. The van der Waals surface area contributed by atoms with Crippen molar-refractivity contribution >= 4 is 5.82 Å². The highest BCUT2D eigenvalue weighted by Crippen LogP contribution is 2.15. The van der Waals surface area contributed by atoms with E-state index >= 15 is 0 Å². The number of rotatable bonds is 8. The molecule has 0 fully saturated rings. The quantitative estimate of drug-likeness (QED) is 0.763. The molecule has 0 aliphatic carbocycles. The first kappa shape index (κ1) is 14.6. The Labute approximate surface area is 105 Å². The first-order valence-corrected chi connectivity index (χ1v) is 5.85. The predicted octanol–water partition coefficient (Wildman–Crippen LogP) is 1.30. The maximum absolute atomic E-state index is 12.4. The molecule has 0 aromatic carbocycles. The summed E-state index contributed by atoms with van der Waals surface area (Å²) in [5.41, 5.74) is 5.39. The Balaban J connectivity index is 2.76. The lowest BCUT2D eigenvalue weighted by molar-refractivity contribution is 0.154. The van der Waals surface area contributed by atoms with Crippen molar-refractivity contribution in [2.24, 2.45) is 5.73 Å². The van der Waals surface area contributed by atoms with E-state index in [-0.39, 0.29) is 6.54 Å². The summed E-state index contributed by atoms with van der Waals surface area (Å²) in [4.78, 5) is 9.47. The minimum absolute atomic E-state index is 0.272. The second-order valence-electron chi connectivity index (χ2n) is 3.69. The third-order valence-electron chi connectivity index (χ3n) is 2.14. The fraction of sp³-hybridized carbons (Fsp3) is 0.636. The number of hydrogen-bond acceptors (Lipinski definition) is 5. The van der Waals surface area contributed by atoms with E-state index in [0.717, 1.165) is 6.42 Å². The van der Waals surface area contributed by atoms with Gasteiger partial charge in [-0.3, -0.25) is 4.98 Å². The van der Waals surface area contributed by atoms with Gasteiger partial charge in [-0.25, -0.2) is 8.78 Å². The normalized spacial score (nSPS) is 10.7. The van der Waals surface area contributed by atoms with Gasteiger partial charge in [-0.05, 0) is 6.42 Å². The standard InChI is InChI=1S/C11H18F2N4O/c1-2-5-18-11-7-15-6-10(16-11)17(4-3-14)8-9(12)13/h6-7,9H,2-5,8,14H2,1H3. The Hall–Kier alpha value is -1.50. The molecule has 0 amide bonds. The molecule has 0 unspecified atom stereocenters. The van der Waals surface area contributed by atoms with Crippen LogP contribution in [0.25, 0.3) is 0 Å². The molecule has 0 saturated carbocycles. The molecule has 5 nitrogen and oxygen atoms in total. The zero-order valence-corrected chi connectivity index (χ0v) is 10.4. The molecule has 0 bridgehead atoms. The van der Waals surface area contributed by atoms with E-state index in [4.69, 9.17) is 10.5 Å². The number of anilines is 1. The van der Waals surface area contributed by atoms with Crippen LogP contribution in [0.2, 0.25) is 0 Å². The molecule has 7 heteroatoms. The van der Waals surface area contributed by atoms with E-state index in [1.807, 2.05) is 6.92 Å². The molecule has 1 aromatic heterocycles. The van der Waals surface area contributed by atoms with Crippen molar-refractivity contribution in [1.29, 1.82) is 0 Å². The van der Waals surface area contributed by atoms with Gasteiger partial charge in [0.1, 0.15) is 0 Å². The van der Waals surface area contributed by atoms with Gasteiger partial charge >= 0.3 is 0 Å². The van der Waals surface area contributed by atoms with Crippen LogP contribution in [0, 0.1) is 0 Å². The van der Waals surface area contributed by atoms with Crippen LogP contribution in [0.1, 0.15) is 13.3 Å². The molecule has 18 heavy (non-hydrogen) atoms. The lowest BCUT2D eigenvalue weighted by Gasteiger charge is -2.22. The lowest BCUT2D eigenvalue weighted by Crippen LogP contribution is -2.34. The Morgan fingerprint density at radius 3 is 2.83 bits per heavy atom. The van der Waals surface area contributed by atoms with Crippen molar-refractivity contribution in [3.8, 4) is 5.88 Å². The number of halogens is 2. The fourth-order valence-corrected chi connectivity index (χ4v) is 1.39. The first-order chi connectivity index (χ1) is 8.67. The zero-order chi connectivity index (χ0) is 13.4. The highest BCUT2D eigenvalue weighted by Gasteiger charge is 2.14. The van der Waals surface area contributed by atoms with Crippen LogP contribution in [0.5, 0.6) is 5.88 Å². The molecule has 1 heterocycles. The zero-order valence-electron chi connectivity index (χ0n) is 10.4. The van der Waals surface area contributed by atoms with Gasteiger partial charge < -0.3 is 15.4 Å². The van der Waals surface area contributed by atoms with Crippen LogP contribution in [0.4, 0.5) is 14.6 Å². The summed E-state index contributed by atoms with van der Waals surface area (Å²) < 4.78 is 30.2. The van der Waals surface area contributed by atoms with Crippen molar-refractivity contribution in [3.05, 3.63) is 12.4 Å².